The second-order valence-corrected chi connectivity index (χ2v) is 9.47. The molecular weight excluding hydrogens is 456 g/mol. The van der Waals surface area contributed by atoms with E-state index in [1.165, 1.54) is 12.2 Å². The third-order valence-corrected chi connectivity index (χ3v) is 7.91. The van der Waals surface area contributed by atoms with Crippen molar-refractivity contribution < 1.29 is 28.4 Å². The quantitative estimate of drug-likeness (QED) is 0.512. The lowest BCUT2D eigenvalue weighted by Crippen LogP contribution is -2.46. The maximum atomic E-state index is 5.64. The number of hydrogen-bond acceptors (Lipinski definition) is 9. The van der Waals surface area contributed by atoms with Crippen molar-refractivity contribution in [3.63, 3.8) is 0 Å². The molecule has 1 unspecified atom stereocenters. The highest BCUT2D eigenvalue weighted by molar-refractivity contribution is 8.00. The molecule has 0 N–H and O–H groups in total. The Labute approximate surface area is 206 Å². The molecule has 2 aromatic carbocycles. The lowest BCUT2D eigenvalue weighted by atomic mass is 10.1. The molecular formula is C25H34N2O6S. The summed E-state index contributed by atoms with van der Waals surface area (Å²) in [6, 6.07) is 8.14. The van der Waals surface area contributed by atoms with Gasteiger partial charge in [-0.25, -0.2) is 0 Å². The Morgan fingerprint density at radius 3 is 1.35 bits per heavy atom. The minimum absolute atomic E-state index is 0.151. The molecule has 2 fully saturated rings. The Balaban J connectivity index is 1.78. The average Bonchev–Trinajstić information content (AvgIpc) is 3.56. The summed E-state index contributed by atoms with van der Waals surface area (Å²) in [5.41, 5.74) is 2.09. The molecule has 2 aliphatic heterocycles. The van der Waals surface area contributed by atoms with Gasteiger partial charge in [0.2, 0.25) is 11.5 Å². The molecule has 0 radical (unpaired) electrons. The number of benzene rings is 2. The van der Waals surface area contributed by atoms with Gasteiger partial charge in [0.25, 0.3) is 0 Å². The smallest absolute Gasteiger partial charge is 0.203 e. The van der Waals surface area contributed by atoms with Crippen LogP contribution in [0.5, 0.6) is 34.5 Å². The van der Waals surface area contributed by atoms with Crippen LogP contribution in [0.15, 0.2) is 24.3 Å². The molecule has 2 saturated heterocycles. The van der Waals surface area contributed by atoms with Crippen molar-refractivity contribution in [2.75, 3.05) is 71.3 Å². The monoisotopic (exact) mass is 490 g/mol. The van der Waals surface area contributed by atoms with E-state index in [0.29, 0.717) is 39.7 Å². The summed E-state index contributed by atoms with van der Waals surface area (Å²) in [6.07, 6.45) is 2.54. The van der Waals surface area contributed by atoms with Crippen molar-refractivity contribution in [3.05, 3.63) is 24.3 Å². The number of thioether (sulfide) groups is 1. The SMILES string of the molecule is COc1cc(N2CCN(c3cc(OC)c(OC)c(OC)c3)C2C2CCCS2)cc(OC)c1OC. The minimum Gasteiger partial charge on any atom is -0.493 e. The summed E-state index contributed by atoms with van der Waals surface area (Å²) in [6.45, 7) is 1.72. The van der Waals surface area contributed by atoms with Crippen LogP contribution in [0.2, 0.25) is 0 Å². The minimum atomic E-state index is 0.151. The Hall–Kier alpha value is -2.81. The van der Waals surface area contributed by atoms with Crippen LogP contribution in [-0.2, 0) is 0 Å². The molecule has 4 rings (SSSR count). The first-order valence-corrected chi connectivity index (χ1v) is 12.4. The zero-order chi connectivity index (χ0) is 24.2. The fourth-order valence-corrected chi connectivity index (χ4v) is 6.35. The summed E-state index contributed by atoms with van der Waals surface area (Å²) >= 11 is 2.03. The first kappa shape index (κ1) is 24.3. The van der Waals surface area contributed by atoms with Crippen molar-refractivity contribution in [1.82, 2.24) is 0 Å². The van der Waals surface area contributed by atoms with Crippen LogP contribution < -0.4 is 38.2 Å². The van der Waals surface area contributed by atoms with Crippen LogP contribution in [0.25, 0.3) is 0 Å². The molecule has 34 heavy (non-hydrogen) atoms. The summed E-state index contributed by atoms with van der Waals surface area (Å²) in [7, 11) is 9.85. The van der Waals surface area contributed by atoms with Gasteiger partial charge < -0.3 is 38.2 Å². The van der Waals surface area contributed by atoms with E-state index in [9.17, 15) is 0 Å². The van der Waals surface area contributed by atoms with E-state index in [1.54, 1.807) is 42.7 Å². The fourth-order valence-electron chi connectivity index (χ4n) is 4.92. The van der Waals surface area contributed by atoms with Gasteiger partial charge in [-0.05, 0) is 18.6 Å². The normalized spacial score (nSPS) is 18.2. The maximum Gasteiger partial charge on any atom is 0.203 e. The molecule has 186 valence electrons. The lowest BCUT2D eigenvalue weighted by molar-refractivity contribution is 0.324. The molecule has 0 saturated carbocycles. The predicted octanol–water partition coefficient (Wildman–Crippen LogP) is 4.29. The van der Waals surface area contributed by atoms with E-state index in [1.807, 2.05) is 36.0 Å². The number of hydrogen-bond donors (Lipinski definition) is 0. The summed E-state index contributed by atoms with van der Waals surface area (Å²) < 4.78 is 33.6. The standard InChI is InChI=1S/C25H34N2O6S/c1-28-18-12-16(13-19(29-2)23(18)32-5)26-9-10-27(25(26)22-8-7-11-34-22)17-14-20(30-3)24(33-6)21(15-17)31-4/h12-15,22,25H,7-11H2,1-6H3. The van der Waals surface area contributed by atoms with Crippen molar-refractivity contribution in [3.8, 4) is 34.5 Å². The number of ether oxygens (including phenoxy) is 6. The fraction of sp³-hybridized carbons (Fsp3) is 0.520. The van der Waals surface area contributed by atoms with Gasteiger partial charge in [-0.15, -0.1) is 0 Å². The zero-order valence-corrected chi connectivity index (χ0v) is 21.6. The van der Waals surface area contributed by atoms with Crippen LogP contribution in [-0.4, -0.2) is 72.9 Å². The van der Waals surface area contributed by atoms with E-state index < -0.39 is 0 Å². The molecule has 0 bridgehead atoms. The van der Waals surface area contributed by atoms with Gasteiger partial charge in [0.05, 0.1) is 42.7 Å². The first-order valence-electron chi connectivity index (χ1n) is 11.3. The second kappa shape index (κ2) is 10.6. The molecule has 0 aliphatic carbocycles. The van der Waals surface area contributed by atoms with Gasteiger partial charge in [0, 0.05) is 54.0 Å². The van der Waals surface area contributed by atoms with Crippen LogP contribution in [0, 0.1) is 0 Å². The maximum absolute atomic E-state index is 5.64. The van der Waals surface area contributed by atoms with E-state index in [2.05, 4.69) is 9.80 Å². The molecule has 0 aromatic heterocycles. The van der Waals surface area contributed by atoms with E-state index >= 15 is 0 Å². The molecule has 2 aromatic rings. The Kier molecular flexibility index (Phi) is 7.60. The van der Waals surface area contributed by atoms with Gasteiger partial charge in [-0.1, -0.05) is 0 Å². The number of methoxy groups -OCH3 is 6. The van der Waals surface area contributed by atoms with E-state index in [4.69, 9.17) is 28.4 Å². The average molecular weight is 491 g/mol. The van der Waals surface area contributed by atoms with Crippen molar-refractivity contribution >= 4 is 23.1 Å². The van der Waals surface area contributed by atoms with Gasteiger partial charge in [-0.3, -0.25) is 0 Å². The Morgan fingerprint density at radius 1 is 0.647 bits per heavy atom. The van der Waals surface area contributed by atoms with Crippen molar-refractivity contribution in [1.29, 1.82) is 0 Å². The third kappa shape index (κ3) is 4.33. The molecule has 8 nitrogen and oxygen atoms in total. The second-order valence-electron chi connectivity index (χ2n) is 8.12. The van der Waals surface area contributed by atoms with Gasteiger partial charge in [0.15, 0.2) is 23.0 Å². The van der Waals surface area contributed by atoms with E-state index in [0.717, 1.165) is 30.9 Å². The predicted molar refractivity (Wildman–Crippen MR) is 136 cm³/mol. The highest BCUT2D eigenvalue weighted by Gasteiger charge is 2.41. The van der Waals surface area contributed by atoms with Crippen molar-refractivity contribution in [2.24, 2.45) is 0 Å². The van der Waals surface area contributed by atoms with Gasteiger partial charge in [-0.2, -0.15) is 11.8 Å². The highest BCUT2D eigenvalue weighted by atomic mass is 32.2. The van der Waals surface area contributed by atoms with Crippen LogP contribution in [0.1, 0.15) is 12.8 Å². The Bertz CT molecular complexity index is 876. The van der Waals surface area contributed by atoms with Crippen LogP contribution in [0.3, 0.4) is 0 Å². The molecule has 0 amide bonds. The van der Waals surface area contributed by atoms with Gasteiger partial charge >= 0.3 is 0 Å². The highest BCUT2D eigenvalue weighted by Crippen LogP contribution is 2.47. The molecule has 1 atom stereocenters. The van der Waals surface area contributed by atoms with Crippen LogP contribution in [0.4, 0.5) is 11.4 Å². The molecule has 2 heterocycles. The van der Waals surface area contributed by atoms with Gasteiger partial charge in [0.1, 0.15) is 6.17 Å². The lowest BCUT2D eigenvalue weighted by Gasteiger charge is -2.37. The third-order valence-electron chi connectivity index (χ3n) is 6.48. The zero-order valence-electron chi connectivity index (χ0n) is 20.8. The number of nitrogens with zero attached hydrogens (tertiary/aromatic N) is 2. The Morgan fingerprint density at radius 2 is 1.06 bits per heavy atom. The largest absolute Gasteiger partial charge is 0.493 e. The van der Waals surface area contributed by atoms with E-state index in [-0.39, 0.29) is 6.17 Å². The summed E-state index contributed by atoms with van der Waals surface area (Å²) in [4.78, 5) is 4.88. The number of anilines is 2. The topological polar surface area (TPSA) is 61.9 Å². The molecule has 9 heteroatoms. The number of rotatable bonds is 9. The molecule has 0 spiro atoms. The molecule has 2 aliphatic rings. The van der Waals surface area contributed by atoms with Crippen LogP contribution >= 0.6 is 11.8 Å². The first-order chi connectivity index (χ1) is 16.6. The summed E-state index contributed by atoms with van der Waals surface area (Å²) in [5, 5.41) is 0.459. The van der Waals surface area contributed by atoms with Crippen molar-refractivity contribution in [2.45, 2.75) is 24.3 Å². The summed E-state index contributed by atoms with van der Waals surface area (Å²) in [5.74, 6) is 4.99.